The molecular weight excluding hydrogens is 316 g/mol. The van der Waals surface area contributed by atoms with Gasteiger partial charge in [-0.25, -0.2) is 16.8 Å². The number of nitrogens with zero attached hydrogens (tertiary/aromatic N) is 1. The maximum Gasteiger partial charge on any atom is 0.244 e. The minimum atomic E-state index is -3.81. The molecule has 1 rings (SSSR count). The lowest BCUT2D eigenvalue weighted by Gasteiger charge is -2.19. The highest BCUT2D eigenvalue weighted by Gasteiger charge is 2.25. The molecule has 120 valence electrons. The van der Waals surface area contributed by atoms with E-state index in [9.17, 15) is 16.8 Å². The van der Waals surface area contributed by atoms with E-state index in [1.807, 2.05) is 0 Å². The molecule has 0 aliphatic carbocycles. The van der Waals surface area contributed by atoms with E-state index < -0.39 is 19.9 Å². The molecule has 0 fully saturated rings. The second kappa shape index (κ2) is 6.73. The summed E-state index contributed by atoms with van der Waals surface area (Å²) in [6.45, 7) is 0.418. The van der Waals surface area contributed by atoms with E-state index in [-0.39, 0.29) is 22.9 Å². The molecule has 0 bridgehead atoms. The van der Waals surface area contributed by atoms with Gasteiger partial charge in [-0.05, 0) is 18.2 Å². The molecule has 0 saturated heterocycles. The fraction of sp³-hybridized carbons (Fsp3) is 0.500. The van der Waals surface area contributed by atoms with E-state index in [0.29, 0.717) is 5.69 Å². The summed E-state index contributed by atoms with van der Waals surface area (Å²) in [6.07, 6.45) is 1.03. The average molecular weight is 336 g/mol. The SMILES string of the molecule is CNc1ccc(S(C)(=O)=O)cc1S(=O)(=O)N(C)CCOC. The van der Waals surface area contributed by atoms with Gasteiger partial charge in [-0.3, -0.25) is 0 Å². The number of sulfone groups is 1. The maximum absolute atomic E-state index is 12.5. The van der Waals surface area contributed by atoms with Crippen LogP contribution in [0.3, 0.4) is 0 Å². The summed E-state index contributed by atoms with van der Waals surface area (Å²) in [6, 6.07) is 3.97. The second-order valence-electron chi connectivity index (χ2n) is 4.50. The van der Waals surface area contributed by atoms with E-state index in [1.165, 1.54) is 32.4 Å². The predicted octanol–water partition coefficient (Wildman–Crippen LogP) is 0.399. The molecule has 0 amide bonds. The minimum Gasteiger partial charge on any atom is -0.387 e. The lowest BCUT2D eigenvalue weighted by atomic mass is 10.3. The number of sulfonamides is 1. The van der Waals surface area contributed by atoms with Crippen molar-refractivity contribution in [1.29, 1.82) is 0 Å². The third-order valence-electron chi connectivity index (χ3n) is 2.95. The van der Waals surface area contributed by atoms with E-state index in [0.717, 1.165) is 10.6 Å². The van der Waals surface area contributed by atoms with Crippen LogP contribution in [0.1, 0.15) is 0 Å². The monoisotopic (exact) mass is 336 g/mol. The minimum absolute atomic E-state index is 0.0415. The Morgan fingerprint density at radius 3 is 2.33 bits per heavy atom. The summed E-state index contributed by atoms with van der Waals surface area (Å²) in [4.78, 5) is -0.119. The van der Waals surface area contributed by atoms with Crippen molar-refractivity contribution in [3.63, 3.8) is 0 Å². The van der Waals surface area contributed by atoms with Crippen molar-refractivity contribution in [2.24, 2.45) is 0 Å². The number of likely N-dealkylation sites (N-methyl/N-ethyl adjacent to an activating group) is 1. The van der Waals surface area contributed by atoms with Crippen molar-refractivity contribution in [1.82, 2.24) is 4.31 Å². The van der Waals surface area contributed by atoms with Crippen molar-refractivity contribution in [2.75, 3.05) is 45.9 Å². The number of ether oxygens (including phenoxy) is 1. The maximum atomic E-state index is 12.5. The molecule has 0 spiro atoms. The van der Waals surface area contributed by atoms with Crippen molar-refractivity contribution < 1.29 is 21.6 Å². The number of anilines is 1. The van der Waals surface area contributed by atoms with Crippen LogP contribution in [0.5, 0.6) is 0 Å². The highest BCUT2D eigenvalue weighted by molar-refractivity contribution is 7.91. The molecule has 1 N–H and O–H groups in total. The normalized spacial score (nSPS) is 12.6. The van der Waals surface area contributed by atoms with Crippen LogP contribution in [0, 0.1) is 0 Å². The zero-order valence-corrected chi connectivity index (χ0v) is 14.1. The van der Waals surface area contributed by atoms with Gasteiger partial charge >= 0.3 is 0 Å². The Morgan fingerprint density at radius 1 is 1.24 bits per heavy atom. The Labute approximate surface area is 125 Å². The van der Waals surface area contributed by atoms with Crippen LogP contribution in [-0.4, -0.2) is 61.8 Å². The van der Waals surface area contributed by atoms with Gasteiger partial charge in [0.2, 0.25) is 10.0 Å². The van der Waals surface area contributed by atoms with E-state index in [4.69, 9.17) is 4.74 Å². The van der Waals surface area contributed by atoms with Gasteiger partial charge in [0.25, 0.3) is 0 Å². The van der Waals surface area contributed by atoms with E-state index >= 15 is 0 Å². The molecule has 0 unspecified atom stereocenters. The van der Waals surface area contributed by atoms with Crippen LogP contribution in [0.25, 0.3) is 0 Å². The molecule has 0 aliphatic rings. The lowest BCUT2D eigenvalue weighted by Crippen LogP contribution is -2.30. The molecule has 0 aromatic heterocycles. The highest BCUT2D eigenvalue weighted by atomic mass is 32.2. The first-order valence-corrected chi connectivity index (χ1v) is 9.45. The van der Waals surface area contributed by atoms with Crippen LogP contribution in [-0.2, 0) is 24.6 Å². The van der Waals surface area contributed by atoms with Gasteiger partial charge in [0.1, 0.15) is 4.90 Å². The molecular formula is C12H20N2O5S2. The fourth-order valence-corrected chi connectivity index (χ4v) is 3.76. The molecule has 0 heterocycles. The Bertz CT molecular complexity index is 698. The summed E-state index contributed by atoms with van der Waals surface area (Å²) in [5.74, 6) is 0. The van der Waals surface area contributed by atoms with Crippen LogP contribution < -0.4 is 5.32 Å². The Kier molecular flexibility index (Phi) is 5.74. The van der Waals surface area contributed by atoms with Crippen molar-refractivity contribution in [3.05, 3.63) is 18.2 Å². The summed E-state index contributed by atoms with van der Waals surface area (Å²) < 4.78 is 54.3. The largest absolute Gasteiger partial charge is 0.387 e. The standard InChI is InChI=1S/C12H20N2O5S2/c1-13-11-6-5-10(20(4,15)16)9-12(11)21(17,18)14(2)7-8-19-3/h5-6,9,13H,7-8H2,1-4H3. The van der Waals surface area contributed by atoms with Gasteiger partial charge in [0.15, 0.2) is 9.84 Å². The number of methoxy groups -OCH3 is 1. The first kappa shape index (κ1) is 17.9. The number of benzene rings is 1. The van der Waals surface area contributed by atoms with E-state index in [2.05, 4.69) is 5.32 Å². The molecule has 21 heavy (non-hydrogen) atoms. The number of nitrogens with one attached hydrogen (secondary N) is 1. The van der Waals surface area contributed by atoms with Crippen LogP contribution in [0.2, 0.25) is 0 Å². The third-order valence-corrected chi connectivity index (χ3v) is 5.96. The topological polar surface area (TPSA) is 92.8 Å². The first-order valence-electron chi connectivity index (χ1n) is 6.11. The molecule has 0 aliphatic heterocycles. The average Bonchev–Trinajstić information content (AvgIpc) is 2.42. The molecule has 0 saturated carbocycles. The third kappa shape index (κ3) is 4.16. The molecule has 9 heteroatoms. The highest BCUT2D eigenvalue weighted by Crippen LogP contribution is 2.26. The molecule has 1 aromatic rings. The van der Waals surface area contributed by atoms with Gasteiger partial charge in [-0.15, -0.1) is 0 Å². The quantitative estimate of drug-likeness (QED) is 0.775. The Morgan fingerprint density at radius 2 is 1.86 bits per heavy atom. The zero-order valence-electron chi connectivity index (χ0n) is 12.5. The van der Waals surface area contributed by atoms with Crippen LogP contribution >= 0.6 is 0 Å². The van der Waals surface area contributed by atoms with Gasteiger partial charge in [-0.2, -0.15) is 4.31 Å². The van der Waals surface area contributed by atoms with Gasteiger partial charge in [-0.1, -0.05) is 0 Å². The molecule has 0 radical (unpaired) electrons. The first-order chi connectivity index (χ1) is 9.64. The summed E-state index contributed by atoms with van der Waals surface area (Å²) in [5, 5.41) is 2.76. The second-order valence-corrected chi connectivity index (χ2v) is 8.53. The van der Waals surface area contributed by atoms with Crippen LogP contribution in [0.4, 0.5) is 5.69 Å². The zero-order chi connectivity index (χ0) is 16.3. The Balaban J connectivity index is 3.39. The molecule has 7 nitrogen and oxygen atoms in total. The Hall–Kier alpha value is -1.16. The van der Waals surface area contributed by atoms with Crippen LogP contribution in [0.15, 0.2) is 28.0 Å². The number of hydrogen-bond acceptors (Lipinski definition) is 6. The van der Waals surface area contributed by atoms with Crippen molar-refractivity contribution in [2.45, 2.75) is 9.79 Å². The smallest absolute Gasteiger partial charge is 0.244 e. The van der Waals surface area contributed by atoms with Gasteiger partial charge < -0.3 is 10.1 Å². The fourth-order valence-electron chi connectivity index (χ4n) is 1.66. The van der Waals surface area contributed by atoms with Crippen molar-refractivity contribution in [3.8, 4) is 0 Å². The van der Waals surface area contributed by atoms with E-state index in [1.54, 1.807) is 7.05 Å². The van der Waals surface area contributed by atoms with Gasteiger partial charge in [0, 0.05) is 34.0 Å². The number of rotatable bonds is 7. The lowest BCUT2D eigenvalue weighted by molar-refractivity contribution is 0.185. The number of hydrogen-bond donors (Lipinski definition) is 1. The molecule has 0 atom stereocenters. The summed E-state index contributed by atoms with van der Waals surface area (Å²) in [7, 11) is -2.83. The summed E-state index contributed by atoms with van der Waals surface area (Å²) >= 11 is 0. The molecule has 1 aromatic carbocycles. The van der Waals surface area contributed by atoms with Crippen molar-refractivity contribution >= 4 is 25.5 Å². The van der Waals surface area contributed by atoms with Gasteiger partial charge in [0.05, 0.1) is 17.2 Å². The summed E-state index contributed by atoms with van der Waals surface area (Å²) in [5.41, 5.74) is 0.340. The predicted molar refractivity (Wildman–Crippen MR) is 80.8 cm³/mol.